The Labute approximate surface area is 168 Å². The molecule has 0 atom stereocenters. The zero-order valence-electron chi connectivity index (χ0n) is 15.7. The van der Waals surface area contributed by atoms with Crippen LogP contribution in [0.4, 0.5) is 5.69 Å². The fraction of sp³-hybridized carbons (Fsp3) is 0.0417. The molecule has 29 heavy (non-hydrogen) atoms. The van der Waals surface area contributed by atoms with Gasteiger partial charge in [-0.15, -0.1) is 0 Å². The normalized spacial score (nSPS) is 11.0. The van der Waals surface area contributed by atoms with Gasteiger partial charge in [0.15, 0.2) is 0 Å². The fourth-order valence-corrected chi connectivity index (χ4v) is 3.07. The summed E-state index contributed by atoms with van der Waals surface area (Å²) in [5.74, 6) is 0.144. The number of anilines is 1. The second-order valence-electron chi connectivity index (χ2n) is 6.54. The van der Waals surface area contributed by atoms with Gasteiger partial charge < -0.3 is 5.32 Å². The van der Waals surface area contributed by atoms with Crippen molar-refractivity contribution < 1.29 is 4.79 Å². The molecule has 1 amide bonds. The summed E-state index contributed by atoms with van der Waals surface area (Å²) in [4.78, 5) is 30.2. The van der Waals surface area contributed by atoms with Gasteiger partial charge in [-0.1, -0.05) is 66.7 Å². The molecule has 5 heteroatoms. The van der Waals surface area contributed by atoms with E-state index in [9.17, 15) is 9.59 Å². The first-order chi connectivity index (χ1) is 14.2. The van der Waals surface area contributed by atoms with Gasteiger partial charge in [-0.2, -0.15) is 0 Å². The monoisotopic (exact) mass is 381 g/mol. The highest BCUT2D eigenvalue weighted by atomic mass is 16.2. The second kappa shape index (κ2) is 8.35. The highest BCUT2D eigenvalue weighted by Crippen LogP contribution is 2.12. The molecule has 142 valence electrons. The third kappa shape index (κ3) is 4.30. The van der Waals surface area contributed by atoms with Crippen molar-refractivity contribution in [2.75, 3.05) is 5.32 Å². The number of nitrogens with one attached hydrogen (secondary N) is 1. The summed E-state index contributed by atoms with van der Waals surface area (Å²) in [7, 11) is 0. The van der Waals surface area contributed by atoms with Crippen molar-refractivity contribution in [3.05, 3.63) is 107 Å². The lowest BCUT2D eigenvalue weighted by Gasteiger charge is -2.11. The van der Waals surface area contributed by atoms with Crippen LogP contribution in [0.1, 0.15) is 11.4 Å². The van der Waals surface area contributed by atoms with Gasteiger partial charge in [0.25, 0.3) is 5.56 Å². The first-order valence-electron chi connectivity index (χ1n) is 9.28. The van der Waals surface area contributed by atoms with Gasteiger partial charge in [0.2, 0.25) is 5.91 Å². The van der Waals surface area contributed by atoms with E-state index in [1.165, 1.54) is 4.57 Å². The van der Waals surface area contributed by atoms with Gasteiger partial charge in [0, 0.05) is 5.69 Å². The number of benzene rings is 3. The maximum atomic E-state index is 13.1. The Morgan fingerprint density at radius 3 is 2.28 bits per heavy atom. The molecule has 3 aromatic carbocycles. The van der Waals surface area contributed by atoms with E-state index in [4.69, 9.17) is 0 Å². The van der Waals surface area contributed by atoms with Gasteiger partial charge >= 0.3 is 0 Å². The minimum Gasteiger partial charge on any atom is -0.325 e. The molecule has 0 aliphatic heterocycles. The molecule has 1 heterocycles. The summed E-state index contributed by atoms with van der Waals surface area (Å²) >= 11 is 0. The van der Waals surface area contributed by atoms with Gasteiger partial charge in [-0.05, 0) is 35.9 Å². The third-order valence-corrected chi connectivity index (χ3v) is 4.47. The van der Waals surface area contributed by atoms with Crippen LogP contribution in [0, 0.1) is 0 Å². The number of hydrogen-bond acceptors (Lipinski definition) is 3. The quantitative estimate of drug-likeness (QED) is 0.563. The van der Waals surface area contributed by atoms with Crippen LogP contribution in [0.2, 0.25) is 0 Å². The number of hydrogen-bond donors (Lipinski definition) is 1. The number of amides is 1. The Bertz CT molecular complexity index is 1230. The number of rotatable bonds is 5. The van der Waals surface area contributed by atoms with E-state index in [1.807, 2.05) is 60.7 Å². The summed E-state index contributed by atoms with van der Waals surface area (Å²) < 4.78 is 1.40. The van der Waals surface area contributed by atoms with Gasteiger partial charge in [0.05, 0.1) is 10.9 Å². The predicted octanol–water partition coefficient (Wildman–Crippen LogP) is 4.21. The standard InChI is InChI=1S/C24H19N3O2/c28-23(25-19-11-5-2-6-12-19)17-27-22(16-15-18-9-3-1-4-10-18)26-21-14-8-7-13-20(21)24(27)29/h1-16H,17H2,(H,25,28)/b16-15+. The molecule has 0 saturated heterocycles. The molecule has 0 aliphatic rings. The molecule has 4 aromatic rings. The summed E-state index contributed by atoms with van der Waals surface area (Å²) in [5, 5.41) is 3.30. The van der Waals surface area contributed by atoms with E-state index < -0.39 is 0 Å². The van der Waals surface area contributed by atoms with Crippen molar-refractivity contribution in [3.63, 3.8) is 0 Å². The molecule has 0 spiro atoms. The lowest BCUT2D eigenvalue weighted by Crippen LogP contribution is -2.30. The third-order valence-electron chi connectivity index (χ3n) is 4.47. The van der Waals surface area contributed by atoms with Crippen LogP contribution >= 0.6 is 0 Å². The number of carbonyl (C=O) groups excluding carboxylic acids is 1. The van der Waals surface area contributed by atoms with Crippen LogP contribution in [-0.4, -0.2) is 15.5 Å². The zero-order chi connectivity index (χ0) is 20.1. The number of carbonyl (C=O) groups is 1. The van der Waals surface area contributed by atoms with Crippen molar-refractivity contribution >= 4 is 34.6 Å². The van der Waals surface area contributed by atoms with Gasteiger partial charge in [-0.3, -0.25) is 14.2 Å². The van der Waals surface area contributed by atoms with Crippen LogP contribution in [0.25, 0.3) is 23.1 Å². The molecule has 0 fully saturated rings. The van der Waals surface area contributed by atoms with E-state index in [0.717, 1.165) is 5.56 Å². The summed E-state index contributed by atoms with van der Waals surface area (Å²) in [6.07, 6.45) is 3.64. The highest BCUT2D eigenvalue weighted by Gasteiger charge is 2.12. The molecule has 0 saturated carbocycles. The largest absolute Gasteiger partial charge is 0.325 e. The summed E-state index contributed by atoms with van der Waals surface area (Å²) in [5.41, 5.74) is 2.02. The fourth-order valence-electron chi connectivity index (χ4n) is 3.07. The van der Waals surface area contributed by atoms with Crippen LogP contribution in [0.3, 0.4) is 0 Å². The Hall–Kier alpha value is -3.99. The summed E-state index contributed by atoms with van der Waals surface area (Å²) in [6, 6.07) is 26.0. The first kappa shape index (κ1) is 18.4. The Morgan fingerprint density at radius 2 is 1.52 bits per heavy atom. The van der Waals surface area contributed by atoms with Crippen LogP contribution in [0.15, 0.2) is 89.7 Å². The molecular weight excluding hydrogens is 362 g/mol. The first-order valence-corrected chi connectivity index (χ1v) is 9.28. The molecule has 1 N–H and O–H groups in total. The minimum atomic E-state index is -0.287. The van der Waals surface area contributed by atoms with Crippen LogP contribution in [0.5, 0.6) is 0 Å². The van der Waals surface area contributed by atoms with Gasteiger partial charge in [0.1, 0.15) is 12.4 Å². The molecule has 0 bridgehead atoms. The Kier molecular flexibility index (Phi) is 5.29. The second-order valence-corrected chi connectivity index (χ2v) is 6.54. The highest BCUT2D eigenvalue weighted by molar-refractivity contribution is 5.91. The smallest absolute Gasteiger partial charge is 0.262 e. The lowest BCUT2D eigenvalue weighted by molar-refractivity contribution is -0.116. The predicted molar refractivity (Wildman–Crippen MR) is 116 cm³/mol. The average molecular weight is 381 g/mol. The molecule has 4 rings (SSSR count). The van der Waals surface area contributed by atoms with Crippen LogP contribution < -0.4 is 10.9 Å². The van der Waals surface area contributed by atoms with E-state index >= 15 is 0 Å². The molecule has 1 aromatic heterocycles. The van der Waals surface area contributed by atoms with Crippen molar-refractivity contribution in [1.29, 1.82) is 0 Å². The Balaban J connectivity index is 1.72. The Morgan fingerprint density at radius 1 is 0.862 bits per heavy atom. The van der Waals surface area contributed by atoms with Crippen molar-refractivity contribution in [3.8, 4) is 0 Å². The minimum absolute atomic E-state index is 0.125. The molecule has 0 radical (unpaired) electrons. The van der Waals surface area contributed by atoms with E-state index in [0.29, 0.717) is 22.4 Å². The van der Waals surface area contributed by atoms with Crippen molar-refractivity contribution in [2.24, 2.45) is 0 Å². The number of para-hydroxylation sites is 2. The zero-order valence-corrected chi connectivity index (χ0v) is 15.7. The number of aromatic nitrogens is 2. The molecule has 5 nitrogen and oxygen atoms in total. The van der Waals surface area contributed by atoms with Crippen LogP contribution in [-0.2, 0) is 11.3 Å². The van der Waals surface area contributed by atoms with E-state index in [-0.39, 0.29) is 18.0 Å². The van der Waals surface area contributed by atoms with E-state index in [1.54, 1.807) is 36.4 Å². The lowest BCUT2D eigenvalue weighted by atomic mass is 10.2. The van der Waals surface area contributed by atoms with E-state index in [2.05, 4.69) is 10.3 Å². The number of fused-ring (bicyclic) bond motifs is 1. The number of nitrogens with zero attached hydrogens (tertiary/aromatic N) is 2. The van der Waals surface area contributed by atoms with Crippen molar-refractivity contribution in [1.82, 2.24) is 9.55 Å². The molecule has 0 unspecified atom stereocenters. The maximum Gasteiger partial charge on any atom is 0.262 e. The topological polar surface area (TPSA) is 64.0 Å². The maximum absolute atomic E-state index is 13.1. The molecular formula is C24H19N3O2. The molecule has 0 aliphatic carbocycles. The SMILES string of the molecule is O=C(Cn1c(/C=C/c2ccccc2)nc2ccccc2c1=O)Nc1ccccc1. The van der Waals surface area contributed by atoms with Gasteiger partial charge in [-0.25, -0.2) is 4.98 Å². The van der Waals surface area contributed by atoms with Crippen molar-refractivity contribution in [2.45, 2.75) is 6.54 Å². The average Bonchev–Trinajstić information content (AvgIpc) is 2.76. The summed E-state index contributed by atoms with van der Waals surface area (Å²) in [6.45, 7) is -0.125.